The van der Waals surface area contributed by atoms with Crippen molar-refractivity contribution in [2.75, 3.05) is 0 Å². The van der Waals surface area contributed by atoms with Gasteiger partial charge in [-0.15, -0.1) is 0 Å². The van der Waals surface area contributed by atoms with Gasteiger partial charge in [0.2, 0.25) is 0 Å². The first-order valence-electron chi connectivity index (χ1n) is 12.5. The van der Waals surface area contributed by atoms with E-state index in [4.69, 9.17) is 9.78 Å². The van der Waals surface area contributed by atoms with Crippen molar-refractivity contribution in [1.82, 2.24) is 0 Å². The Morgan fingerprint density at radius 2 is 0.912 bits per heavy atom. The minimum atomic E-state index is -0.0555. The molecule has 0 aliphatic rings. The van der Waals surface area contributed by atoms with Gasteiger partial charge in [-0.25, -0.2) is 0 Å². The van der Waals surface area contributed by atoms with E-state index in [0.29, 0.717) is 0 Å². The lowest BCUT2D eigenvalue weighted by Gasteiger charge is -2.29. The SMILES string of the molecule is C=C(C)c1c(C(C)(C)C)ccc(C(C)C)c1OOc1c(C(C)C)ccc(C(C)(C)C)c1C(=C)C. The molecule has 0 saturated heterocycles. The maximum atomic E-state index is 6.36. The number of hydrogen-bond acceptors (Lipinski definition) is 2. The first-order valence-corrected chi connectivity index (χ1v) is 12.5. The molecule has 186 valence electrons. The van der Waals surface area contributed by atoms with E-state index in [1.165, 1.54) is 11.1 Å². The van der Waals surface area contributed by atoms with Gasteiger partial charge in [0, 0.05) is 22.3 Å². The summed E-state index contributed by atoms with van der Waals surface area (Å²) in [5.41, 5.74) is 8.54. The molecule has 0 fully saturated rings. The predicted molar refractivity (Wildman–Crippen MR) is 149 cm³/mol. The molecule has 0 bridgehead atoms. The molecule has 0 heterocycles. The van der Waals surface area contributed by atoms with Crippen LogP contribution in [0.5, 0.6) is 11.5 Å². The van der Waals surface area contributed by atoms with Crippen LogP contribution in [0.1, 0.15) is 128 Å². The summed E-state index contributed by atoms with van der Waals surface area (Å²) in [6.07, 6.45) is 0. The van der Waals surface area contributed by atoms with Crippen molar-refractivity contribution in [3.63, 3.8) is 0 Å². The molecule has 2 nitrogen and oxygen atoms in total. The zero-order chi connectivity index (χ0) is 26.2. The topological polar surface area (TPSA) is 18.5 Å². The maximum Gasteiger partial charge on any atom is 0.189 e. The Morgan fingerprint density at radius 1 is 0.618 bits per heavy atom. The van der Waals surface area contributed by atoms with Crippen LogP contribution in [-0.2, 0) is 10.8 Å². The second kappa shape index (κ2) is 10.0. The van der Waals surface area contributed by atoms with Crippen LogP contribution in [0.4, 0.5) is 0 Å². The van der Waals surface area contributed by atoms with Crippen LogP contribution in [0.25, 0.3) is 11.1 Å². The Bertz CT molecular complexity index is 982. The third-order valence-corrected chi connectivity index (χ3v) is 6.30. The van der Waals surface area contributed by atoms with Gasteiger partial charge in [-0.1, -0.05) is 107 Å². The molecule has 0 unspecified atom stereocenters. The summed E-state index contributed by atoms with van der Waals surface area (Å²) < 4.78 is 0. The van der Waals surface area contributed by atoms with Gasteiger partial charge >= 0.3 is 0 Å². The highest BCUT2D eigenvalue weighted by atomic mass is 17.2. The minimum absolute atomic E-state index is 0.0555. The van der Waals surface area contributed by atoms with E-state index >= 15 is 0 Å². The molecule has 2 heteroatoms. The highest BCUT2D eigenvalue weighted by Crippen LogP contribution is 2.44. The van der Waals surface area contributed by atoms with Crippen molar-refractivity contribution < 1.29 is 9.78 Å². The van der Waals surface area contributed by atoms with Gasteiger partial charge in [0.05, 0.1) is 0 Å². The van der Waals surface area contributed by atoms with Crippen LogP contribution < -0.4 is 9.78 Å². The smallest absolute Gasteiger partial charge is 0.189 e. The normalized spacial score (nSPS) is 12.3. The summed E-state index contributed by atoms with van der Waals surface area (Å²) in [5.74, 6) is 2.07. The molecule has 0 aliphatic heterocycles. The molecule has 34 heavy (non-hydrogen) atoms. The first-order chi connectivity index (χ1) is 15.5. The van der Waals surface area contributed by atoms with Crippen molar-refractivity contribution in [3.8, 4) is 11.5 Å². The number of allylic oxidation sites excluding steroid dienone is 2. The van der Waals surface area contributed by atoms with Gasteiger partial charge in [0.15, 0.2) is 11.5 Å². The van der Waals surface area contributed by atoms with Crippen LogP contribution in [0, 0.1) is 0 Å². The third-order valence-electron chi connectivity index (χ3n) is 6.30. The summed E-state index contributed by atoms with van der Waals surface area (Å²) in [5, 5.41) is 0. The van der Waals surface area contributed by atoms with Crippen LogP contribution in [0.3, 0.4) is 0 Å². The van der Waals surface area contributed by atoms with E-state index in [1.54, 1.807) is 0 Å². The van der Waals surface area contributed by atoms with Gasteiger partial charge < -0.3 is 0 Å². The Morgan fingerprint density at radius 3 is 1.12 bits per heavy atom. The zero-order valence-corrected chi connectivity index (χ0v) is 23.7. The van der Waals surface area contributed by atoms with Crippen molar-refractivity contribution >= 4 is 11.1 Å². The largest absolute Gasteiger partial charge is 0.289 e. The van der Waals surface area contributed by atoms with Crippen LogP contribution in [0.2, 0.25) is 0 Å². The van der Waals surface area contributed by atoms with Gasteiger partial charge in [-0.2, -0.15) is 0 Å². The second-order valence-corrected chi connectivity index (χ2v) is 12.3. The predicted octanol–water partition coefficient (Wildman–Crippen LogP) is 9.97. The molecule has 0 spiro atoms. The Labute approximate surface area is 209 Å². The third kappa shape index (κ3) is 5.77. The first kappa shape index (κ1) is 27.8. The molecular weight excluding hydrogens is 416 g/mol. The molecule has 0 aliphatic carbocycles. The van der Waals surface area contributed by atoms with E-state index in [-0.39, 0.29) is 22.7 Å². The number of benzene rings is 2. The summed E-state index contributed by atoms with van der Waals surface area (Å²) in [7, 11) is 0. The van der Waals surface area contributed by atoms with E-state index in [1.807, 2.05) is 13.8 Å². The molecule has 2 aromatic rings. The molecule has 2 rings (SSSR count). The quantitative estimate of drug-likeness (QED) is 0.301. The van der Waals surface area contributed by atoms with Crippen molar-refractivity contribution in [3.05, 3.63) is 70.8 Å². The molecule has 0 N–H and O–H groups in total. The van der Waals surface area contributed by atoms with Gasteiger partial charge in [0.25, 0.3) is 0 Å². The highest BCUT2D eigenvalue weighted by Gasteiger charge is 2.28. The van der Waals surface area contributed by atoms with Crippen molar-refractivity contribution in [2.24, 2.45) is 0 Å². The number of rotatable bonds is 7. The average molecular weight is 463 g/mol. The van der Waals surface area contributed by atoms with Crippen LogP contribution >= 0.6 is 0 Å². The average Bonchev–Trinajstić information content (AvgIpc) is 2.68. The lowest BCUT2D eigenvalue weighted by Crippen LogP contribution is -2.19. The molecule has 0 amide bonds. The monoisotopic (exact) mass is 462 g/mol. The molecule has 0 radical (unpaired) electrons. The standard InChI is InChI=1S/C32H46O2/c1-19(2)23-15-17-25(31(9,10)11)27(21(5)6)29(23)33-34-30-24(20(3)4)16-18-26(32(12,13)14)28(30)22(7)8/h15-20H,5,7H2,1-4,6,8-14H3. The minimum Gasteiger partial charge on any atom is -0.289 e. The summed E-state index contributed by atoms with van der Waals surface area (Å²) >= 11 is 0. The zero-order valence-electron chi connectivity index (χ0n) is 23.7. The molecular formula is C32H46O2. The summed E-state index contributed by atoms with van der Waals surface area (Å²) in [6.45, 7) is 34.7. The Hall–Kier alpha value is -2.48. The van der Waals surface area contributed by atoms with Crippen LogP contribution in [-0.4, -0.2) is 0 Å². The van der Waals surface area contributed by atoms with E-state index in [0.717, 1.165) is 44.9 Å². The van der Waals surface area contributed by atoms with Gasteiger partial charge in [-0.05, 0) is 58.8 Å². The lowest BCUT2D eigenvalue weighted by molar-refractivity contribution is -0.102. The molecule has 0 saturated carbocycles. The Balaban J connectivity index is 2.80. The highest BCUT2D eigenvalue weighted by molar-refractivity contribution is 5.74. The summed E-state index contributed by atoms with van der Waals surface area (Å²) in [4.78, 5) is 12.7. The fourth-order valence-electron chi connectivity index (χ4n) is 4.47. The Kier molecular flexibility index (Phi) is 8.18. The molecule has 0 atom stereocenters. The van der Waals surface area contributed by atoms with E-state index in [2.05, 4.69) is 107 Å². The fraction of sp³-hybridized carbons (Fsp3) is 0.500. The van der Waals surface area contributed by atoms with Gasteiger partial charge in [0.1, 0.15) is 0 Å². The second-order valence-electron chi connectivity index (χ2n) is 12.3. The summed E-state index contributed by atoms with van der Waals surface area (Å²) in [6, 6.07) is 8.77. The van der Waals surface area contributed by atoms with E-state index < -0.39 is 0 Å². The van der Waals surface area contributed by atoms with E-state index in [9.17, 15) is 0 Å². The van der Waals surface area contributed by atoms with Crippen molar-refractivity contribution in [1.29, 1.82) is 0 Å². The molecule has 0 aromatic heterocycles. The van der Waals surface area contributed by atoms with Crippen LogP contribution in [0.15, 0.2) is 37.4 Å². The van der Waals surface area contributed by atoms with Gasteiger partial charge in [-0.3, -0.25) is 9.78 Å². The van der Waals surface area contributed by atoms with Crippen molar-refractivity contribution in [2.45, 2.75) is 106 Å². The fourth-order valence-corrected chi connectivity index (χ4v) is 4.47. The maximum absolute atomic E-state index is 6.36. The number of hydrogen-bond donors (Lipinski definition) is 0. The molecule has 2 aromatic carbocycles. The lowest BCUT2D eigenvalue weighted by atomic mass is 9.80.